The van der Waals surface area contributed by atoms with Gasteiger partial charge in [-0.3, -0.25) is 4.90 Å². The Hall–Kier alpha value is -2.73. The third-order valence-electron chi connectivity index (χ3n) is 5.54. The first-order valence-corrected chi connectivity index (χ1v) is 13.8. The molecular formula is C23H27N3O6S2. The second kappa shape index (κ2) is 9.87. The van der Waals surface area contributed by atoms with Crippen molar-refractivity contribution in [2.45, 2.75) is 33.9 Å². The average molecular weight is 506 g/mol. The fraction of sp³-hybridized carbons (Fsp3) is 0.348. The highest BCUT2D eigenvalue weighted by atomic mass is 32.2. The summed E-state index contributed by atoms with van der Waals surface area (Å²) in [7, 11) is -8.30. The van der Waals surface area contributed by atoms with E-state index in [4.69, 9.17) is 9.15 Å². The van der Waals surface area contributed by atoms with Gasteiger partial charge >= 0.3 is 5.22 Å². The van der Waals surface area contributed by atoms with E-state index in [-0.39, 0.29) is 15.7 Å². The Morgan fingerprint density at radius 2 is 1.38 bits per heavy atom. The highest BCUT2D eigenvalue weighted by Gasteiger charge is 2.33. The molecular weight excluding hydrogens is 478 g/mol. The van der Waals surface area contributed by atoms with Crippen molar-refractivity contribution in [3.8, 4) is 0 Å². The molecule has 11 heteroatoms. The molecule has 0 amide bonds. The second-order valence-corrected chi connectivity index (χ2v) is 11.8. The maximum Gasteiger partial charge on any atom is 0.323 e. The molecule has 3 aromatic rings. The topological polar surface area (TPSA) is 119 Å². The number of morpholine rings is 1. The molecule has 0 radical (unpaired) electrons. The minimum absolute atomic E-state index is 0.00177. The molecule has 182 valence electrons. The van der Waals surface area contributed by atoms with Crippen molar-refractivity contribution in [2.24, 2.45) is 0 Å². The van der Waals surface area contributed by atoms with Crippen molar-refractivity contribution in [1.29, 1.82) is 0 Å². The van der Waals surface area contributed by atoms with Crippen molar-refractivity contribution in [2.75, 3.05) is 44.7 Å². The minimum Gasteiger partial charge on any atom is -0.410 e. The van der Waals surface area contributed by atoms with Crippen LogP contribution in [0.15, 0.2) is 73.0 Å². The lowest BCUT2D eigenvalue weighted by atomic mass is 10.2. The van der Waals surface area contributed by atoms with Crippen LogP contribution < -0.4 is 5.32 Å². The molecule has 34 heavy (non-hydrogen) atoms. The molecule has 0 aliphatic carbocycles. The molecule has 1 aromatic heterocycles. The predicted octanol–water partition coefficient (Wildman–Crippen LogP) is 2.70. The average Bonchev–Trinajstić information content (AvgIpc) is 3.26. The molecule has 1 saturated heterocycles. The molecule has 4 rings (SSSR count). The smallest absolute Gasteiger partial charge is 0.323 e. The monoisotopic (exact) mass is 505 g/mol. The second-order valence-electron chi connectivity index (χ2n) is 8.13. The fourth-order valence-corrected chi connectivity index (χ4v) is 5.93. The molecule has 0 spiro atoms. The molecule has 0 unspecified atom stereocenters. The molecule has 1 aliphatic heterocycles. The van der Waals surface area contributed by atoms with Crippen LogP contribution in [0, 0.1) is 13.8 Å². The van der Waals surface area contributed by atoms with Crippen LogP contribution in [0.4, 0.5) is 5.88 Å². The van der Waals surface area contributed by atoms with Gasteiger partial charge < -0.3 is 14.5 Å². The van der Waals surface area contributed by atoms with E-state index in [9.17, 15) is 16.8 Å². The van der Waals surface area contributed by atoms with Gasteiger partial charge in [0, 0.05) is 26.2 Å². The zero-order chi connectivity index (χ0) is 24.3. The van der Waals surface area contributed by atoms with Gasteiger partial charge in [-0.2, -0.15) is 4.98 Å². The summed E-state index contributed by atoms with van der Waals surface area (Å²) < 4.78 is 63.9. The maximum absolute atomic E-state index is 13.4. The summed E-state index contributed by atoms with van der Waals surface area (Å²) in [6.45, 7) is 7.42. The Morgan fingerprint density at radius 3 is 1.94 bits per heavy atom. The Balaban J connectivity index is 1.69. The number of aromatic nitrogens is 1. The number of oxazole rings is 1. The van der Waals surface area contributed by atoms with E-state index in [1.54, 1.807) is 24.3 Å². The number of sulfone groups is 2. The predicted molar refractivity (Wildman–Crippen MR) is 126 cm³/mol. The maximum atomic E-state index is 13.4. The molecule has 2 heterocycles. The quantitative estimate of drug-likeness (QED) is 0.493. The van der Waals surface area contributed by atoms with Gasteiger partial charge in [0.25, 0.3) is 9.84 Å². The molecule has 1 aliphatic rings. The Labute approximate surface area is 199 Å². The highest BCUT2D eigenvalue weighted by Crippen LogP contribution is 2.32. The van der Waals surface area contributed by atoms with Crippen molar-refractivity contribution < 1.29 is 26.0 Å². The van der Waals surface area contributed by atoms with E-state index >= 15 is 0 Å². The first kappa shape index (κ1) is 24.4. The van der Waals surface area contributed by atoms with Crippen LogP contribution in [0.3, 0.4) is 0 Å². The van der Waals surface area contributed by atoms with Crippen LogP contribution in [-0.2, 0) is 24.4 Å². The van der Waals surface area contributed by atoms with Crippen LogP contribution >= 0.6 is 0 Å². The summed E-state index contributed by atoms with van der Waals surface area (Å²) in [6, 6.07) is 12.5. The Bertz CT molecular complexity index is 1340. The van der Waals surface area contributed by atoms with Crippen LogP contribution in [0.5, 0.6) is 0 Å². The van der Waals surface area contributed by atoms with Gasteiger partial charge in [-0.25, -0.2) is 16.8 Å². The lowest BCUT2D eigenvalue weighted by Crippen LogP contribution is -2.39. The summed E-state index contributed by atoms with van der Waals surface area (Å²) in [5.41, 5.74) is 1.78. The number of aryl methyl sites for hydroxylation is 2. The van der Waals surface area contributed by atoms with Crippen LogP contribution in [-0.4, -0.2) is 66.1 Å². The number of hydrogen-bond donors (Lipinski definition) is 1. The lowest BCUT2D eigenvalue weighted by molar-refractivity contribution is 0.0398. The molecule has 1 fully saturated rings. The molecule has 0 atom stereocenters. The first-order valence-electron chi connectivity index (χ1n) is 10.9. The number of nitrogens with one attached hydrogen (secondary N) is 1. The Morgan fingerprint density at radius 1 is 0.853 bits per heavy atom. The summed E-state index contributed by atoms with van der Waals surface area (Å²) in [6.07, 6.45) is 0. The minimum atomic E-state index is -4.16. The van der Waals surface area contributed by atoms with Gasteiger partial charge in [0.05, 0.1) is 23.0 Å². The number of ether oxygens (including phenoxy) is 1. The lowest BCUT2D eigenvalue weighted by Gasteiger charge is -2.26. The summed E-state index contributed by atoms with van der Waals surface area (Å²) in [5.74, 6) is -0.195. The van der Waals surface area contributed by atoms with E-state index in [1.165, 1.54) is 24.3 Å². The number of anilines is 1. The van der Waals surface area contributed by atoms with Gasteiger partial charge in [-0.1, -0.05) is 35.4 Å². The first-order chi connectivity index (χ1) is 16.2. The fourth-order valence-electron chi connectivity index (χ4n) is 3.50. The number of hydrogen-bond acceptors (Lipinski definition) is 9. The van der Waals surface area contributed by atoms with Crippen molar-refractivity contribution in [1.82, 2.24) is 9.88 Å². The zero-order valence-electron chi connectivity index (χ0n) is 19.0. The van der Waals surface area contributed by atoms with Crippen LogP contribution in [0.2, 0.25) is 0 Å². The van der Waals surface area contributed by atoms with Gasteiger partial charge in [0.2, 0.25) is 20.7 Å². The molecule has 0 saturated carbocycles. The highest BCUT2D eigenvalue weighted by molar-refractivity contribution is 7.92. The van der Waals surface area contributed by atoms with Crippen molar-refractivity contribution >= 4 is 25.6 Å². The van der Waals surface area contributed by atoms with E-state index in [2.05, 4.69) is 15.2 Å². The standard InChI is InChI=1S/C23H27N3O6S2/c1-17-3-7-19(8-4-17)33(27,28)22-21(24-11-12-26-13-15-31-16-14-26)32-23(25-22)34(29,30)20-9-5-18(2)6-10-20/h3-10,24H,11-16H2,1-2H3. The van der Waals surface area contributed by atoms with Gasteiger partial charge in [0.1, 0.15) is 0 Å². The number of benzene rings is 2. The van der Waals surface area contributed by atoms with E-state index in [0.29, 0.717) is 26.3 Å². The third-order valence-corrected chi connectivity index (χ3v) is 8.75. The van der Waals surface area contributed by atoms with Gasteiger partial charge in [0.15, 0.2) is 0 Å². The molecule has 0 bridgehead atoms. The van der Waals surface area contributed by atoms with E-state index in [0.717, 1.165) is 24.2 Å². The summed E-state index contributed by atoms with van der Waals surface area (Å²) in [5, 5.41) is 1.82. The van der Waals surface area contributed by atoms with Gasteiger partial charge in [-0.15, -0.1) is 0 Å². The zero-order valence-corrected chi connectivity index (χ0v) is 20.7. The normalized spacial score (nSPS) is 15.4. The van der Waals surface area contributed by atoms with Crippen molar-refractivity contribution in [3.05, 3.63) is 59.7 Å². The van der Waals surface area contributed by atoms with Crippen molar-refractivity contribution in [3.63, 3.8) is 0 Å². The van der Waals surface area contributed by atoms with Gasteiger partial charge in [-0.05, 0) is 38.1 Å². The van der Waals surface area contributed by atoms with Crippen LogP contribution in [0.1, 0.15) is 11.1 Å². The third kappa shape index (κ3) is 5.17. The summed E-state index contributed by atoms with van der Waals surface area (Å²) in [4.78, 5) is 6.11. The molecule has 9 nitrogen and oxygen atoms in total. The number of rotatable bonds is 8. The number of nitrogens with zero attached hydrogens (tertiary/aromatic N) is 2. The summed E-state index contributed by atoms with van der Waals surface area (Å²) >= 11 is 0. The van der Waals surface area contributed by atoms with E-state index < -0.39 is 29.9 Å². The van der Waals surface area contributed by atoms with Crippen LogP contribution in [0.25, 0.3) is 0 Å². The largest absolute Gasteiger partial charge is 0.410 e. The molecule has 1 N–H and O–H groups in total. The SMILES string of the molecule is Cc1ccc(S(=O)(=O)c2nc(S(=O)(=O)c3ccc(C)cc3)c(NCCN3CCOCC3)o2)cc1. The van der Waals surface area contributed by atoms with E-state index in [1.807, 2.05) is 13.8 Å². The molecule has 2 aromatic carbocycles. The Kier molecular flexibility index (Phi) is 7.08.